The Hall–Kier alpha value is -4.37. The van der Waals surface area contributed by atoms with Crippen molar-refractivity contribution in [3.8, 4) is 0 Å². The summed E-state index contributed by atoms with van der Waals surface area (Å²) in [5, 5.41) is 3.06. The maximum atomic E-state index is 13.6. The first-order valence-electron chi connectivity index (χ1n) is 11.8. The number of esters is 2. The summed E-state index contributed by atoms with van der Waals surface area (Å²) in [6.07, 6.45) is -0.273. The quantitative estimate of drug-likeness (QED) is 0.308. The van der Waals surface area contributed by atoms with Crippen LogP contribution in [0.2, 0.25) is 0 Å². The molecule has 0 aliphatic carbocycles. The first kappa shape index (κ1) is 26.7. The molecule has 0 radical (unpaired) electrons. The van der Waals surface area contributed by atoms with E-state index in [0.717, 1.165) is 15.4 Å². The Morgan fingerprint density at radius 3 is 1.97 bits per heavy atom. The molecule has 3 aromatic carbocycles. The van der Waals surface area contributed by atoms with Crippen LogP contribution < -0.4 is 10.2 Å². The molecule has 0 atom stereocenters. The van der Waals surface area contributed by atoms with E-state index >= 15 is 0 Å². The number of nitrogens with zero attached hydrogens (tertiary/aromatic N) is 1. The second-order valence-corrected chi connectivity index (χ2v) is 9.84. The van der Waals surface area contributed by atoms with Crippen LogP contribution in [0, 0.1) is 6.92 Å². The van der Waals surface area contributed by atoms with Gasteiger partial charge in [-0.2, -0.15) is 0 Å². The van der Waals surface area contributed by atoms with Crippen LogP contribution in [0.25, 0.3) is 0 Å². The van der Waals surface area contributed by atoms with Crippen LogP contribution in [0.4, 0.5) is 11.4 Å². The summed E-state index contributed by atoms with van der Waals surface area (Å²) >= 11 is 1.18. The van der Waals surface area contributed by atoms with E-state index in [1.54, 1.807) is 38.1 Å². The monoisotopic (exact) mass is 530 g/mol. The first-order chi connectivity index (χ1) is 18.2. The van der Waals surface area contributed by atoms with E-state index < -0.39 is 23.8 Å². The normalized spacial score (nSPS) is 13.2. The predicted octanol–water partition coefficient (Wildman–Crippen LogP) is 5.34. The minimum atomic E-state index is -0.542. The third-order valence-corrected chi connectivity index (χ3v) is 6.65. The Labute approximate surface area is 224 Å². The second-order valence-electron chi connectivity index (χ2n) is 8.76. The zero-order chi connectivity index (χ0) is 27.4. The van der Waals surface area contributed by atoms with E-state index in [2.05, 4.69) is 5.32 Å². The number of thioether (sulfide) groups is 1. The number of carbonyl (C=O) groups excluding carboxylic acids is 4. The van der Waals surface area contributed by atoms with Crippen molar-refractivity contribution in [2.75, 3.05) is 17.3 Å². The molecule has 1 N–H and O–H groups in total. The van der Waals surface area contributed by atoms with E-state index in [1.807, 2.05) is 31.2 Å². The Morgan fingerprint density at radius 2 is 1.39 bits per heavy atom. The van der Waals surface area contributed by atoms with Gasteiger partial charge in [0.25, 0.3) is 11.8 Å². The molecule has 8 nitrogen and oxygen atoms in total. The largest absolute Gasteiger partial charge is 0.465 e. The lowest BCUT2D eigenvalue weighted by Gasteiger charge is -2.16. The predicted molar refractivity (Wildman–Crippen MR) is 145 cm³/mol. The average Bonchev–Trinajstić information content (AvgIpc) is 3.13. The number of hydrogen-bond acceptors (Lipinski definition) is 8. The Morgan fingerprint density at radius 1 is 0.816 bits per heavy atom. The fraction of sp³-hybridized carbons (Fsp3) is 0.172. The van der Waals surface area contributed by atoms with Gasteiger partial charge in [-0.05, 0) is 81.4 Å². The Balaban J connectivity index is 1.66. The molecule has 0 unspecified atom stereocenters. The van der Waals surface area contributed by atoms with Crippen LogP contribution in [0.15, 0.2) is 88.3 Å². The topological polar surface area (TPSA) is 102 Å². The molecular formula is C29H26N2O6S. The molecular weight excluding hydrogens is 504 g/mol. The van der Waals surface area contributed by atoms with Crippen molar-refractivity contribution in [1.29, 1.82) is 0 Å². The summed E-state index contributed by atoms with van der Waals surface area (Å²) in [7, 11) is 1.30. The van der Waals surface area contributed by atoms with E-state index in [-0.39, 0.29) is 16.7 Å². The summed E-state index contributed by atoms with van der Waals surface area (Å²) in [4.78, 5) is 53.2. The lowest BCUT2D eigenvalue weighted by Crippen LogP contribution is -2.32. The number of aryl methyl sites for hydroxylation is 1. The fourth-order valence-corrected chi connectivity index (χ4v) is 4.58. The van der Waals surface area contributed by atoms with Crippen LogP contribution in [-0.2, 0) is 19.1 Å². The molecule has 3 aromatic rings. The standard InChI is InChI=1S/C29H26N2O6S/c1-17(2)37-29(35)20-9-13-22(14-10-20)31-26(32)24(30-21-11-7-19(8-12-21)28(34)36-4)25(27(31)33)38-23-15-5-18(3)6-16-23/h5-17,30H,1-4H3. The van der Waals surface area contributed by atoms with Crippen molar-refractivity contribution in [1.82, 2.24) is 0 Å². The van der Waals surface area contributed by atoms with E-state index in [0.29, 0.717) is 22.5 Å². The fourth-order valence-electron chi connectivity index (χ4n) is 3.65. The highest BCUT2D eigenvalue weighted by Crippen LogP contribution is 2.38. The van der Waals surface area contributed by atoms with Crippen LogP contribution >= 0.6 is 11.8 Å². The number of ether oxygens (including phenoxy) is 2. The molecule has 1 aliphatic rings. The SMILES string of the molecule is COC(=O)c1ccc(NC2=C(Sc3ccc(C)cc3)C(=O)N(c3ccc(C(=O)OC(C)C)cc3)C2=O)cc1. The first-order valence-corrected chi connectivity index (χ1v) is 12.6. The highest BCUT2D eigenvalue weighted by atomic mass is 32.2. The molecule has 4 rings (SSSR count). The van der Waals surface area contributed by atoms with Gasteiger partial charge in [-0.1, -0.05) is 29.5 Å². The number of imide groups is 1. The summed E-state index contributed by atoms with van der Waals surface area (Å²) in [5.41, 5.74) is 2.68. The van der Waals surface area contributed by atoms with Crippen molar-refractivity contribution in [2.45, 2.75) is 31.8 Å². The number of carbonyl (C=O) groups is 4. The zero-order valence-corrected chi connectivity index (χ0v) is 22.1. The van der Waals surface area contributed by atoms with Gasteiger partial charge in [0.05, 0.1) is 30.0 Å². The average molecular weight is 531 g/mol. The number of amides is 2. The van der Waals surface area contributed by atoms with E-state index in [9.17, 15) is 19.2 Å². The Bertz CT molecular complexity index is 1410. The van der Waals surface area contributed by atoms with Gasteiger partial charge < -0.3 is 14.8 Å². The van der Waals surface area contributed by atoms with Crippen LogP contribution in [0.1, 0.15) is 40.1 Å². The zero-order valence-electron chi connectivity index (χ0n) is 21.3. The molecule has 9 heteroatoms. The third-order valence-electron chi connectivity index (χ3n) is 5.56. The van der Waals surface area contributed by atoms with Crippen LogP contribution in [-0.4, -0.2) is 37.0 Å². The number of methoxy groups -OCH3 is 1. The maximum absolute atomic E-state index is 13.6. The van der Waals surface area contributed by atoms with Gasteiger partial charge in [0.1, 0.15) is 10.6 Å². The van der Waals surface area contributed by atoms with Crippen molar-refractivity contribution in [3.63, 3.8) is 0 Å². The minimum absolute atomic E-state index is 0.106. The summed E-state index contributed by atoms with van der Waals surface area (Å²) in [6.45, 7) is 5.47. The summed E-state index contributed by atoms with van der Waals surface area (Å²) in [5.74, 6) is -2.01. The number of rotatable bonds is 8. The van der Waals surface area contributed by atoms with Crippen LogP contribution in [0.5, 0.6) is 0 Å². The summed E-state index contributed by atoms with van der Waals surface area (Å²) in [6, 6.07) is 20.1. The lowest BCUT2D eigenvalue weighted by molar-refractivity contribution is -0.120. The van der Waals surface area contributed by atoms with Crippen molar-refractivity contribution >= 4 is 46.9 Å². The second kappa shape index (κ2) is 11.4. The van der Waals surface area contributed by atoms with Gasteiger partial charge >= 0.3 is 11.9 Å². The number of nitrogens with one attached hydrogen (secondary N) is 1. The van der Waals surface area contributed by atoms with Gasteiger partial charge in [0.2, 0.25) is 0 Å². The van der Waals surface area contributed by atoms with Gasteiger partial charge in [-0.25, -0.2) is 14.5 Å². The van der Waals surface area contributed by atoms with Crippen LogP contribution in [0.3, 0.4) is 0 Å². The van der Waals surface area contributed by atoms with E-state index in [4.69, 9.17) is 9.47 Å². The molecule has 0 aromatic heterocycles. The highest BCUT2D eigenvalue weighted by Gasteiger charge is 2.40. The smallest absolute Gasteiger partial charge is 0.338 e. The Kier molecular flexibility index (Phi) is 7.97. The lowest BCUT2D eigenvalue weighted by atomic mass is 10.2. The van der Waals surface area contributed by atoms with Gasteiger partial charge in [-0.15, -0.1) is 0 Å². The maximum Gasteiger partial charge on any atom is 0.338 e. The van der Waals surface area contributed by atoms with Gasteiger partial charge in [-0.3, -0.25) is 9.59 Å². The molecule has 0 saturated heterocycles. The number of anilines is 2. The van der Waals surface area contributed by atoms with Gasteiger partial charge in [0.15, 0.2) is 0 Å². The molecule has 0 bridgehead atoms. The molecule has 2 amide bonds. The highest BCUT2D eigenvalue weighted by molar-refractivity contribution is 8.04. The van der Waals surface area contributed by atoms with Crippen molar-refractivity contribution in [2.24, 2.45) is 0 Å². The van der Waals surface area contributed by atoms with Crippen molar-refractivity contribution < 1.29 is 28.7 Å². The summed E-state index contributed by atoms with van der Waals surface area (Å²) < 4.78 is 9.94. The molecule has 194 valence electrons. The van der Waals surface area contributed by atoms with E-state index in [1.165, 1.54) is 43.1 Å². The molecule has 1 heterocycles. The third kappa shape index (κ3) is 5.78. The van der Waals surface area contributed by atoms with Crippen molar-refractivity contribution in [3.05, 3.63) is 100 Å². The van der Waals surface area contributed by atoms with Gasteiger partial charge in [0, 0.05) is 10.6 Å². The molecule has 0 fully saturated rings. The number of benzene rings is 3. The number of hydrogen-bond donors (Lipinski definition) is 1. The minimum Gasteiger partial charge on any atom is -0.465 e. The molecule has 0 spiro atoms. The molecule has 1 aliphatic heterocycles. The molecule has 38 heavy (non-hydrogen) atoms. The molecule has 0 saturated carbocycles.